The average molecular weight is 457 g/mol. The van der Waals surface area contributed by atoms with Crippen LogP contribution in [0.25, 0.3) is 5.69 Å². The maximum Gasteiger partial charge on any atom is 0.338 e. The Kier molecular flexibility index (Phi) is 6.45. The fraction of sp³-hybridized carbons (Fsp3) is 0.167. The van der Waals surface area contributed by atoms with Crippen molar-refractivity contribution in [1.29, 1.82) is 5.26 Å². The van der Waals surface area contributed by atoms with E-state index in [1.165, 1.54) is 27.9 Å². The molecule has 0 spiro atoms. The molecule has 0 saturated carbocycles. The van der Waals surface area contributed by atoms with E-state index in [-0.39, 0.29) is 48.1 Å². The number of nitriles is 1. The lowest BCUT2D eigenvalue weighted by Crippen LogP contribution is -2.28. The summed E-state index contributed by atoms with van der Waals surface area (Å²) in [7, 11) is 0. The quantitative estimate of drug-likeness (QED) is 0.424. The lowest BCUT2D eigenvalue weighted by atomic mass is 10.1. The van der Waals surface area contributed by atoms with Gasteiger partial charge >= 0.3 is 5.97 Å². The third-order valence-electron chi connectivity index (χ3n) is 5.17. The molecule has 1 fully saturated rings. The van der Waals surface area contributed by atoms with E-state index < -0.39 is 18.5 Å². The molecular weight excluding hydrogens is 438 g/mol. The second kappa shape index (κ2) is 9.79. The Hall–Kier alpha value is -4.78. The number of ether oxygens (including phenoxy) is 1. The number of anilines is 1. The van der Waals surface area contributed by atoms with Crippen LogP contribution in [0, 0.1) is 11.3 Å². The van der Waals surface area contributed by atoms with Crippen LogP contribution in [0.5, 0.6) is 0 Å². The molecule has 10 heteroatoms. The number of carbonyl (C=O) groups is 4. The van der Waals surface area contributed by atoms with Crippen LogP contribution in [-0.2, 0) is 25.7 Å². The molecule has 1 N–H and O–H groups in total. The van der Waals surface area contributed by atoms with E-state index in [0.29, 0.717) is 11.3 Å². The van der Waals surface area contributed by atoms with Gasteiger partial charge in [0.1, 0.15) is 11.6 Å². The van der Waals surface area contributed by atoms with Gasteiger partial charge in [-0.25, -0.2) is 9.48 Å². The number of esters is 1. The van der Waals surface area contributed by atoms with Gasteiger partial charge in [0, 0.05) is 12.8 Å². The van der Waals surface area contributed by atoms with Crippen LogP contribution in [0.15, 0.2) is 60.8 Å². The first-order chi connectivity index (χ1) is 16.5. The smallest absolute Gasteiger partial charge is 0.338 e. The molecule has 170 valence electrons. The van der Waals surface area contributed by atoms with Crippen LogP contribution in [0.1, 0.15) is 34.3 Å². The highest BCUT2D eigenvalue weighted by Crippen LogP contribution is 2.20. The van der Waals surface area contributed by atoms with E-state index in [0.717, 1.165) is 0 Å². The molecule has 1 aliphatic heterocycles. The Morgan fingerprint density at radius 2 is 1.71 bits per heavy atom. The largest absolute Gasteiger partial charge is 0.452 e. The normalized spacial score (nSPS) is 13.0. The first-order valence-electron chi connectivity index (χ1n) is 10.4. The van der Waals surface area contributed by atoms with Crippen molar-refractivity contribution < 1.29 is 23.9 Å². The minimum atomic E-state index is -0.716. The van der Waals surface area contributed by atoms with Gasteiger partial charge in [-0.2, -0.15) is 10.4 Å². The molecule has 10 nitrogen and oxygen atoms in total. The highest BCUT2D eigenvalue weighted by atomic mass is 16.5. The summed E-state index contributed by atoms with van der Waals surface area (Å²) in [6.07, 6.45) is 1.76. The zero-order chi connectivity index (χ0) is 24.1. The average Bonchev–Trinajstić information content (AvgIpc) is 3.41. The van der Waals surface area contributed by atoms with Gasteiger partial charge in [0.25, 0.3) is 5.91 Å². The predicted octanol–water partition coefficient (Wildman–Crippen LogP) is 2.19. The first-order valence-corrected chi connectivity index (χ1v) is 10.4. The van der Waals surface area contributed by atoms with Crippen molar-refractivity contribution in [2.24, 2.45) is 0 Å². The van der Waals surface area contributed by atoms with Crippen LogP contribution in [0.3, 0.4) is 0 Å². The molecule has 2 heterocycles. The molecular formula is C24H19N5O5. The summed E-state index contributed by atoms with van der Waals surface area (Å²) in [5.74, 6) is -1.61. The fourth-order valence-corrected chi connectivity index (χ4v) is 3.43. The maximum absolute atomic E-state index is 12.4. The van der Waals surface area contributed by atoms with E-state index in [9.17, 15) is 24.4 Å². The molecule has 4 rings (SSSR count). The lowest BCUT2D eigenvalue weighted by Gasteiger charge is -2.14. The number of hydrogen-bond acceptors (Lipinski definition) is 7. The predicted molar refractivity (Wildman–Crippen MR) is 118 cm³/mol. The standard InChI is InChI=1S/C24H19N5O5/c25-12-18-13-26-29(19-4-2-1-3-5-19)23(18)27-20(30)15-34-24(33)17-8-6-16(7-9-17)14-28-21(31)10-11-22(28)32/h1-9,13H,10-11,14-15H2,(H,27,30). The minimum absolute atomic E-state index is 0.145. The van der Waals surface area contributed by atoms with Crippen LogP contribution in [0.2, 0.25) is 0 Å². The van der Waals surface area contributed by atoms with E-state index in [1.54, 1.807) is 36.4 Å². The Morgan fingerprint density at radius 3 is 2.35 bits per heavy atom. The zero-order valence-electron chi connectivity index (χ0n) is 17.9. The van der Waals surface area contributed by atoms with Crippen molar-refractivity contribution in [3.8, 4) is 11.8 Å². The summed E-state index contributed by atoms with van der Waals surface area (Å²) in [4.78, 5) is 49.4. The third-order valence-corrected chi connectivity index (χ3v) is 5.17. The van der Waals surface area contributed by atoms with Crippen LogP contribution >= 0.6 is 0 Å². The maximum atomic E-state index is 12.4. The number of amides is 3. The molecule has 2 aromatic carbocycles. The van der Waals surface area contributed by atoms with Crippen LogP contribution in [-0.4, -0.2) is 45.0 Å². The molecule has 34 heavy (non-hydrogen) atoms. The van der Waals surface area contributed by atoms with Gasteiger partial charge in [0.05, 0.1) is 24.0 Å². The number of benzene rings is 2. The monoisotopic (exact) mass is 457 g/mol. The zero-order valence-corrected chi connectivity index (χ0v) is 17.9. The van der Waals surface area contributed by atoms with E-state index in [2.05, 4.69) is 10.4 Å². The van der Waals surface area contributed by atoms with Crippen LogP contribution in [0.4, 0.5) is 5.82 Å². The summed E-state index contributed by atoms with van der Waals surface area (Å²) < 4.78 is 6.49. The number of aromatic nitrogens is 2. The molecule has 0 aliphatic carbocycles. The molecule has 1 aliphatic rings. The van der Waals surface area contributed by atoms with Crippen molar-refractivity contribution in [2.45, 2.75) is 19.4 Å². The molecule has 1 saturated heterocycles. The van der Waals surface area contributed by atoms with Gasteiger partial charge < -0.3 is 10.1 Å². The summed E-state index contributed by atoms with van der Waals surface area (Å²) >= 11 is 0. The van der Waals surface area contributed by atoms with Crippen LogP contribution < -0.4 is 5.32 Å². The summed E-state index contributed by atoms with van der Waals surface area (Å²) in [5, 5.41) is 16.0. The molecule has 0 radical (unpaired) electrons. The number of hydrogen-bond donors (Lipinski definition) is 1. The van der Waals surface area contributed by atoms with Crippen molar-refractivity contribution in [3.63, 3.8) is 0 Å². The molecule has 0 atom stereocenters. The Balaban J connectivity index is 1.35. The minimum Gasteiger partial charge on any atom is -0.452 e. The van der Waals surface area contributed by atoms with Gasteiger partial charge in [-0.15, -0.1) is 0 Å². The Bertz CT molecular complexity index is 1280. The van der Waals surface area contributed by atoms with Gasteiger partial charge in [-0.3, -0.25) is 19.3 Å². The number of nitrogens with one attached hydrogen (secondary N) is 1. The molecule has 3 amide bonds. The Morgan fingerprint density at radius 1 is 1.03 bits per heavy atom. The molecule has 0 unspecified atom stereocenters. The SMILES string of the molecule is N#Cc1cnn(-c2ccccc2)c1NC(=O)COC(=O)c1ccc(CN2C(=O)CCC2=O)cc1. The highest BCUT2D eigenvalue weighted by molar-refractivity contribution is 6.01. The number of likely N-dealkylation sites (tertiary alicyclic amines) is 1. The van der Waals surface area contributed by atoms with E-state index in [4.69, 9.17) is 4.74 Å². The first kappa shape index (κ1) is 22.4. The number of nitrogens with zero attached hydrogens (tertiary/aromatic N) is 4. The van der Waals surface area contributed by atoms with Gasteiger partial charge in [0.15, 0.2) is 12.4 Å². The number of rotatable bonds is 7. The van der Waals surface area contributed by atoms with Gasteiger partial charge in [0.2, 0.25) is 11.8 Å². The molecule has 3 aromatic rings. The van der Waals surface area contributed by atoms with E-state index >= 15 is 0 Å². The number of carbonyl (C=O) groups excluding carboxylic acids is 4. The van der Waals surface area contributed by atoms with Crippen molar-refractivity contribution in [2.75, 3.05) is 11.9 Å². The Labute approximate surface area is 194 Å². The van der Waals surface area contributed by atoms with Crippen molar-refractivity contribution >= 4 is 29.5 Å². The third kappa shape index (κ3) is 4.83. The van der Waals surface area contributed by atoms with Crippen molar-refractivity contribution in [3.05, 3.63) is 77.5 Å². The number of para-hydroxylation sites is 1. The van der Waals surface area contributed by atoms with Gasteiger partial charge in [-0.1, -0.05) is 30.3 Å². The second-order valence-corrected chi connectivity index (χ2v) is 7.46. The summed E-state index contributed by atoms with van der Waals surface area (Å²) in [6, 6.07) is 17.2. The highest BCUT2D eigenvalue weighted by Gasteiger charge is 2.28. The van der Waals surface area contributed by atoms with Crippen molar-refractivity contribution in [1.82, 2.24) is 14.7 Å². The topological polar surface area (TPSA) is 134 Å². The fourth-order valence-electron chi connectivity index (χ4n) is 3.43. The second-order valence-electron chi connectivity index (χ2n) is 7.46. The number of imide groups is 1. The molecule has 1 aromatic heterocycles. The van der Waals surface area contributed by atoms with E-state index in [1.807, 2.05) is 12.1 Å². The summed E-state index contributed by atoms with van der Waals surface area (Å²) in [6.45, 7) is -0.423. The van der Waals surface area contributed by atoms with Gasteiger partial charge in [-0.05, 0) is 29.8 Å². The summed E-state index contributed by atoms with van der Waals surface area (Å²) in [5.41, 5.74) is 1.71. The lowest BCUT2D eigenvalue weighted by molar-refractivity contribution is -0.139. The molecule has 0 bridgehead atoms.